The molecule has 1 atom stereocenters. The van der Waals surface area contributed by atoms with Crippen LogP contribution < -0.4 is 9.62 Å². The van der Waals surface area contributed by atoms with E-state index in [4.69, 9.17) is 0 Å². The van der Waals surface area contributed by atoms with E-state index in [1.54, 1.807) is 18.2 Å². The van der Waals surface area contributed by atoms with Crippen molar-refractivity contribution in [3.8, 4) is 11.1 Å². The molecule has 6 heteroatoms. The van der Waals surface area contributed by atoms with E-state index in [0.717, 1.165) is 22.3 Å². The molecular formula is C26H28N2O3S. The molecule has 0 unspecified atom stereocenters. The van der Waals surface area contributed by atoms with Crippen LogP contribution in [0.25, 0.3) is 11.1 Å². The number of anilines is 1. The molecule has 1 aliphatic heterocycles. The molecule has 0 saturated heterocycles. The quantitative estimate of drug-likeness (QED) is 0.594. The predicted octanol–water partition coefficient (Wildman–Crippen LogP) is 5.06. The van der Waals surface area contributed by atoms with Gasteiger partial charge in [-0.05, 0) is 62.1 Å². The fraction of sp³-hybridized carbons (Fsp3) is 0.269. The number of nitrogens with one attached hydrogen (secondary N) is 1. The molecule has 3 aromatic carbocycles. The molecule has 1 heterocycles. The number of sulfonamides is 1. The zero-order valence-corrected chi connectivity index (χ0v) is 19.7. The van der Waals surface area contributed by atoms with Crippen LogP contribution in [0.15, 0.2) is 65.6 Å². The van der Waals surface area contributed by atoms with Crippen molar-refractivity contribution in [2.45, 2.75) is 45.1 Å². The van der Waals surface area contributed by atoms with Crippen LogP contribution >= 0.6 is 0 Å². The Balaban J connectivity index is 1.66. The Morgan fingerprint density at radius 3 is 2.41 bits per heavy atom. The monoisotopic (exact) mass is 448 g/mol. The van der Waals surface area contributed by atoms with E-state index in [-0.39, 0.29) is 23.4 Å². The van der Waals surface area contributed by atoms with E-state index < -0.39 is 10.0 Å². The molecule has 5 nitrogen and oxygen atoms in total. The van der Waals surface area contributed by atoms with Gasteiger partial charge in [0.1, 0.15) is 6.54 Å². The Hall–Kier alpha value is -3.12. The summed E-state index contributed by atoms with van der Waals surface area (Å²) in [4.78, 5) is 13.3. The van der Waals surface area contributed by atoms with Crippen LogP contribution in [0.4, 0.5) is 5.69 Å². The molecule has 0 spiro atoms. The molecule has 1 aliphatic rings. The third-order valence-corrected chi connectivity index (χ3v) is 7.95. The molecule has 32 heavy (non-hydrogen) atoms. The van der Waals surface area contributed by atoms with Gasteiger partial charge >= 0.3 is 0 Å². The number of nitrogens with zero attached hydrogens (tertiary/aromatic N) is 1. The number of benzene rings is 3. The number of aryl methyl sites for hydroxylation is 3. The smallest absolute Gasteiger partial charge is 0.265 e. The first-order valence-electron chi connectivity index (χ1n) is 10.8. The van der Waals surface area contributed by atoms with Gasteiger partial charge < -0.3 is 5.32 Å². The van der Waals surface area contributed by atoms with Crippen LogP contribution in [-0.4, -0.2) is 20.9 Å². The lowest BCUT2D eigenvalue weighted by molar-refractivity contribution is -0.120. The number of hydrogen-bond acceptors (Lipinski definition) is 3. The summed E-state index contributed by atoms with van der Waals surface area (Å²) in [6.45, 7) is 7.81. The second-order valence-electron chi connectivity index (χ2n) is 8.40. The summed E-state index contributed by atoms with van der Waals surface area (Å²) >= 11 is 0. The van der Waals surface area contributed by atoms with Crippen molar-refractivity contribution in [3.05, 3.63) is 82.9 Å². The van der Waals surface area contributed by atoms with E-state index in [1.807, 2.05) is 57.2 Å². The first-order valence-corrected chi connectivity index (χ1v) is 12.3. The van der Waals surface area contributed by atoms with E-state index in [1.165, 1.54) is 9.87 Å². The summed E-state index contributed by atoms with van der Waals surface area (Å²) < 4.78 is 28.1. The maximum absolute atomic E-state index is 13.4. The highest BCUT2D eigenvalue weighted by molar-refractivity contribution is 7.93. The lowest BCUT2D eigenvalue weighted by Crippen LogP contribution is -2.43. The van der Waals surface area contributed by atoms with Gasteiger partial charge in [-0.1, -0.05) is 55.0 Å². The number of rotatable bonds is 5. The van der Waals surface area contributed by atoms with Crippen molar-refractivity contribution in [3.63, 3.8) is 0 Å². The minimum absolute atomic E-state index is 0.181. The Labute approximate surface area is 190 Å². The fourth-order valence-electron chi connectivity index (χ4n) is 4.19. The van der Waals surface area contributed by atoms with Crippen LogP contribution in [-0.2, 0) is 14.8 Å². The van der Waals surface area contributed by atoms with Gasteiger partial charge in [-0.15, -0.1) is 0 Å². The third-order valence-electron chi connectivity index (χ3n) is 6.13. The van der Waals surface area contributed by atoms with Crippen molar-refractivity contribution in [1.82, 2.24) is 5.32 Å². The average Bonchev–Trinajstić information content (AvgIpc) is 2.77. The standard InChI is InChI=1S/C26H28N2O3S/c1-5-23(20-12-11-18(3)19(4)15-20)27-26(29)16-28-24-13-10-17(2)14-22(24)21-8-6-7-9-25(21)32(28,30)31/h6-15,23H,5,16H2,1-4H3,(H,27,29)/t23-/m1/s1. The minimum atomic E-state index is -3.85. The Morgan fingerprint density at radius 2 is 1.69 bits per heavy atom. The average molecular weight is 449 g/mol. The summed E-state index contributed by atoms with van der Waals surface area (Å²) in [7, 11) is -3.85. The second-order valence-corrected chi connectivity index (χ2v) is 10.2. The van der Waals surface area contributed by atoms with Gasteiger partial charge in [0.15, 0.2) is 0 Å². The van der Waals surface area contributed by atoms with Crippen LogP contribution in [0, 0.1) is 20.8 Å². The summed E-state index contributed by atoms with van der Waals surface area (Å²) in [5, 5.41) is 3.04. The van der Waals surface area contributed by atoms with Crippen molar-refractivity contribution >= 4 is 21.6 Å². The van der Waals surface area contributed by atoms with Crippen LogP contribution in [0.1, 0.15) is 41.6 Å². The maximum atomic E-state index is 13.4. The van der Waals surface area contributed by atoms with Gasteiger partial charge in [-0.25, -0.2) is 8.42 Å². The van der Waals surface area contributed by atoms with Gasteiger partial charge in [-0.2, -0.15) is 0 Å². The highest BCUT2D eigenvalue weighted by atomic mass is 32.2. The van der Waals surface area contributed by atoms with E-state index in [2.05, 4.69) is 18.3 Å². The summed E-state index contributed by atoms with van der Waals surface area (Å²) in [5.41, 5.74) is 6.43. The van der Waals surface area contributed by atoms with Crippen molar-refractivity contribution < 1.29 is 13.2 Å². The Morgan fingerprint density at radius 1 is 0.938 bits per heavy atom. The molecule has 0 saturated carbocycles. The molecule has 0 bridgehead atoms. The number of hydrogen-bond donors (Lipinski definition) is 1. The molecule has 0 aromatic heterocycles. The van der Waals surface area contributed by atoms with E-state index in [9.17, 15) is 13.2 Å². The number of carbonyl (C=O) groups is 1. The maximum Gasteiger partial charge on any atom is 0.265 e. The van der Waals surface area contributed by atoms with Crippen molar-refractivity contribution in [2.24, 2.45) is 0 Å². The Kier molecular flexibility index (Phi) is 5.82. The number of carbonyl (C=O) groups excluding carboxylic acids is 1. The van der Waals surface area contributed by atoms with Crippen molar-refractivity contribution in [2.75, 3.05) is 10.8 Å². The second kappa shape index (κ2) is 8.43. The predicted molar refractivity (Wildman–Crippen MR) is 128 cm³/mol. The molecule has 3 aromatic rings. The van der Waals surface area contributed by atoms with E-state index in [0.29, 0.717) is 17.7 Å². The topological polar surface area (TPSA) is 66.5 Å². The number of amides is 1. The zero-order valence-electron chi connectivity index (χ0n) is 18.8. The van der Waals surface area contributed by atoms with Gasteiger partial charge in [0.2, 0.25) is 5.91 Å². The number of fused-ring (bicyclic) bond motifs is 3. The lowest BCUT2D eigenvalue weighted by Gasteiger charge is -2.32. The van der Waals surface area contributed by atoms with Gasteiger partial charge in [0.05, 0.1) is 16.6 Å². The summed E-state index contributed by atoms with van der Waals surface area (Å²) in [5.74, 6) is -0.329. The first kappa shape index (κ1) is 22.1. The van der Waals surface area contributed by atoms with Crippen LogP contribution in [0.3, 0.4) is 0 Å². The Bertz CT molecular complexity index is 1300. The molecule has 4 rings (SSSR count). The van der Waals surface area contributed by atoms with Crippen LogP contribution in [0.5, 0.6) is 0 Å². The highest BCUT2D eigenvalue weighted by Crippen LogP contribution is 2.43. The zero-order chi connectivity index (χ0) is 23.0. The minimum Gasteiger partial charge on any atom is -0.348 e. The first-order chi connectivity index (χ1) is 15.2. The molecule has 0 fully saturated rings. The molecular weight excluding hydrogens is 420 g/mol. The lowest BCUT2D eigenvalue weighted by atomic mass is 9.99. The third kappa shape index (κ3) is 3.91. The largest absolute Gasteiger partial charge is 0.348 e. The summed E-state index contributed by atoms with van der Waals surface area (Å²) in [6, 6.07) is 18.5. The van der Waals surface area contributed by atoms with Crippen LogP contribution in [0.2, 0.25) is 0 Å². The van der Waals surface area contributed by atoms with Gasteiger partial charge in [-0.3, -0.25) is 9.10 Å². The molecule has 166 valence electrons. The SMILES string of the molecule is CC[C@@H](NC(=O)CN1c2ccc(C)cc2-c2ccccc2S1(=O)=O)c1ccc(C)c(C)c1. The van der Waals surface area contributed by atoms with Gasteiger partial charge in [0, 0.05) is 11.1 Å². The van der Waals surface area contributed by atoms with Crippen molar-refractivity contribution in [1.29, 1.82) is 0 Å². The molecule has 1 N–H and O–H groups in total. The molecule has 0 radical (unpaired) electrons. The fourth-order valence-corrected chi connectivity index (χ4v) is 5.84. The van der Waals surface area contributed by atoms with E-state index >= 15 is 0 Å². The van der Waals surface area contributed by atoms with Gasteiger partial charge in [0.25, 0.3) is 10.0 Å². The normalized spacial score (nSPS) is 14.9. The molecule has 1 amide bonds. The summed E-state index contributed by atoms with van der Waals surface area (Å²) in [6.07, 6.45) is 0.708. The molecule has 0 aliphatic carbocycles. The highest BCUT2D eigenvalue weighted by Gasteiger charge is 2.36.